The van der Waals surface area contributed by atoms with Crippen LogP contribution in [-0.4, -0.2) is 61.0 Å². The number of methoxy groups -OCH3 is 1. The van der Waals surface area contributed by atoms with Crippen molar-refractivity contribution in [3.05, 3.63) is 29.5 Å². The lowest BCUT2D eigenvalue weighted by molar-refractivity contribution is -0.127. The van der Waals surface area contributed by atoms with Crippen molar-refractivity contribution in [2.75, 3.05) is 32.7 Å². The van der Waals surface area contributed by atoms with Crippen molar-refractivity contribution in [3.8, 4) is 5.75 Å². The number of nitrogens with two attached hydrogens (primary N) is 1. The van der Waals surface area contributed by atoms with Crippen LogP contribution in [-0.2, 0) is 14.3 Å². The summed E-state index contributed by atoms with van der Waals surface area (Å²) in [6.45, 7) is 2.49. The molecule has 1 aliphatic rings. The predicted octanol–water partition coefficient (Wildman–Crippen LogP) is 2.29. The lowest BCUT2D eigenvalue weighted by Gasteiger charge is -2.30. The van der Waals surface area contributed by atoms with E-state index in [1.54, 1.807) is 26.2 Å². The van der Waals surface area contributed by atoms with E-state index in [2.05, 4.69) is 10.3 Å². The van der Waals surface area contributed by atoms with Crippen LogP contribution in [0.1, 0.15) is 41.7 Å². The first-order chi connectivity index (χ1) is 14.9. The van der Waals surface area contributed by atoms with Crippen LogP contribution < -0.4 is 15.8 Å². The Labute approximate surface area is 180 Å². The number of carboxylic acids is 1. The third-order valence-electron chi connectivity index (χ3n) is 5.40. The minimum atomic E-state index is -1.11. The topological polar surface area (TPSA) is 133 Å². The quantitative estimate of drug-likeness (QED) is 0.515. The average molecular weight is 431 g/mol. The van der Waals surface area contributed by atoms with Crippen LogP contribution in [0.2, 0.25) is 0 Å². The van der Waals surface area contributed by atoms with E-state index in [-0.39, 0.29) is 35.9 Å². The maximum Gasteiger partial charge on any atom is 0.339 e. The highest BCUT2D eigenvalue weighted by molar-refractivity contribution is 6.06. The van der Waals surface area contributed by atoms with Gasteiger partial charge in [0.2, 0.25) is 5.91 Å². The molecule has 1 amide bonds. The molecule has 1 fully saturated rings. The van der Waals surface area contributed by atoms with E-state index in [4.69, 9.17) is 19.9 Å². The number of ether oxygens (including phenoxy) is 3. The van der Waals surface area contributed by atoms with Crippen LogP contribution in [0.4, 0.5) is 5.69 Å². The van der Waals surface area contributed by atoms with Gasteiger partial charge in [-0.25, -0.2) is 4.79 Å². The summed E-state index contributed by atoms with van der Waals surface area (Å²) in [5.74, 6) is -0.712. The third-order valence-corrected chi connectivity index (χ3v) is 5.40. The minimum absolute atomic E-state index is 0.00249. The van der Waals surface area contributed by atoms with Gasteiger partial charge in [0, 0.05) is 13.2 Å². The number of rotatable bonds is 9. The van der Waals surface area contributed by atoms with Gasteiger partial charge in [0.1, 0.15) is 17.9 Å². The molecule has 1 heterocycles. The highest BCUT2D eigenvalue weighted by atomic mass is 16.5. The number of pyridine rings is 1. The van der Waals surface area contributed by atoms with E-state index in [1.807, 2.05) is 6.07 Å². The van der Waals surface area contributed by atoms with Crippen molar-refractivity contribution in [2.45, 2.75) is 44.8 Å². The summed E-state index contributed by atoms with van der Waals surface area (Å²) in [6, 6.07) is 5.48. The number of hydrogen-bond donors (Lipinski definition) is 3. The van der Waals surface area contributed by atoms with Crippen LogP contribution in [0, 0.1) is 6.92 Å². The monoisotopic (exact) mass is 431 g/mol. The zero-order chi connectivity index (χ0) is 22.4. The highest BCUT2D eigenvalue weighted by Crippen LogP contribution is 2.35. The first-order valence-electron chi connectivity index (χ1n) is 10.4. The predicted molar refractivity (Wildman–Crippen MR) is 115 cm³/mol. The molecule has 0 bridgehead atoms. The molecule has 0 aliphatic heterocycles. The first-order valence-corrected chi connectivity index (χ1v) is 10.4. The number of carbonyl (C=O) groups is 2. The van der Waals surface area contributed by atoms with Crippen LogP contribution in [0.15, 0.2) is 18.2 Å². The average Bonchev–Trinajstić information content (AvgIpc) is 2.72. The Morgan fingerprint density at radius 2 is 1.97 bits per heavy atom. The molecular formula is C22H29N3O6. The summed E-state index contributed by atoms with van der Waals surface area (Å²) in [7, 11) is 1.58. The molecule has 2 aromatic rings. The van der Waals surface area contributed by atoms with E-state index >= 15 is 0 Å². The van der Waals surface area contributed by atoms with Crippen molar-refractivity contribution < 1.29 is 28.9 Å². The molecule has 0 saturated heterocycles. The number of nitrogen functional groups attached to an aromatic ring is 1. The number of aromatic nitrogens is 1. The fraction of sp³-hybridized carbons (Fsp3) is 0.500. The Morgan fingerprint density at radius 1 is 1.23 bits per heavy atom. The van der Waals surface area contributed by atoms with E-state index in [1.165, 1.54) is 0 Å². The van der Waals surface area contributed by atoms with Crippen LogP contribution in [0.5, 0.6) is 5.75 Å². The van der Waals surface area contributed by atoms with Gasteiger partial charge < -0.3 is 30.4 Å². The summed E-state index contributed by atoms with van der Waals surface area (Å²) in [5.41, 5.74) is 7.34. The van der Waals surface area contributed by atoms with Crippen molar-refractivity contribution >= 4 is 28.5 Å². The minimum Gasteiger partial charge on any atom is -0.490 e. The van der Waals surface area contributed by atoms with E-state index < -0.39 is 5.97 Å². The molecule has 1 saturated carbocycles. The van der Waals surface area contributed by atoms with Crippen molar-refractivity contribution in [2.24, 2.45) is 0 Å². The Balaban J connectivity index is 1.61. The van der Waals surface area contributed by atoms with Gasteiger partial charge in [0.15, 0.2) is 0 Å². The lowest BCUT2D eigenvalue weighted by Crippen LogP contribution is -2.41. The normalized spacial score (nSPS) is 18.6. The third kappa shape index (κ3) is 5.62. The van der Waals surface area contributed by atoms with Gasteiger partial charge in [0.25, 0.3) is 0 Å². The van der Waals surface area contributed by atoms with Gasteiger partial charge in [-0.3, -0.25) is 9.78 Å². The Kier molecular flexibility index (Phi) is 7.64. The molecule has 0 atom stereocenters. The molecule has 9 nitrogen and oxygen atoms in total. The van der Waals surface area contributed by atoms with Crippen LogP contribution in [0.25, 0.3) is 10.9 Å². The first kappa shape index (κ1) is 22.8. The van der Waals surface area contributed by atoms with Gasteiger partial charge in [-0.1, -0.05) is 6.07 Å². The van der Waals surface area contributed by atoms with Crippen LogP contribution >= 0.6 is 0 Å². The van der Waals surface area contributed by atoms with Crippen LogP contribution in [0.3, 0.4) is 0 Å². The van der Waals surface area contributed by atoms with E-state index in [0.29, 0.717) is 35.6 Å². The molecular weight excluding hydrogens is 402 g/mol. The lowest BCUT2D eigenvalue weighted by atomic mass is 9.93. The molecule has 168 valence electrons. The maximum atomic E-state index is 12.0. The molecule has 9 heteroatoms. The van der Waals surface area contributed by atoms with Gasteiger partial charge in [-0.2, -0.15) is 0 Å². The number of anilines is 1. The van der Waals surface area contributed by atoms with E-state index in [9.17, 15) is 14.7 Å². The number of carbonyl (C=O) groups excluding carboxylic acids is 1. The van der Waals surface area contributed by atoms with Crippen molar-refractivity contribution in [3.63, 3.8) is 0 Å². The molecule has 0 radical (unpaired) electrons. The van der Waals surface area contributed by atoms with Gasteiger partial charge in [-0.15, -0.1) is 0 Å². The second kappa shape index (κ2) is 10.4. The smallest absolute Gasteiger partial charge is 0.339 e. The highest BCUT2D eigenvalue weighted by Gasteiger charge is 2.25. The van der Waals surface area contributed by atoms with Crippen molar-refractivity contribution in [1.82, 2.24) is 10.3 Å². The molecule has 1 aromatic heterocycles. The summed E-state index contributed by atoms with van der Waals surface area (Å²) in [4.78, 5) is 28.0. The van der Waals surface area contributed by atoms with Gasteiger partial charge >= 0.3 is 5.97 Å². The Morgan fingerprint density at radius 3 is 2.65 bits per heavy atom. The number of aromatic carboxylic acids is 1. The molecule has 4 N–H and O–H groups in total. The SMILES string of the molecule is COCCOCC(=O)NC1CCC(Oc2cccc3nc(C)c(C(=O)O)c(N)c23)CC1. The molecule has 0 spiro atoms. The second-order valence-electron chi connectivity index (χ2n) is 7.65. The van der Waals surface area contributed by atoms with Gasteiger partial charge in [0.05, 0.1) is 41.6 Å². The fourth-order valence-electron chi connectivity index (χ4n) is 3.89. The zero-order valence-electron chi connectivity index (χ0n) is 17.8. The number of benzene rings is 1. The number of fused-ring (bicyclic) bond motifs is 1. The number of nitrogens with zero attached hydrogens (tertiary/aromatic N) is 1. The Bertz CT molecular complexity index is 940. The maximum absolute atomic E-state index is 12.0. The second-order valence-corrected chi connectivity index (χ2v) is 7.65. The largest absolute Gasteiger partial charge is 0.490 e. The summed E-state index contributed by atoms with van der Waals surface area (Å²) in [6.07, 6.45) is 3.04. The summed E-state index contributed by atoms with van der Waals surface area (Å²) >= 11 is 0. The van der Waals surface area contributed by atoms with E-state index in [0.717, 1.165) is 25.7 Å². The Hall–Kier alpha value is -2.91. The van der Waals surface area contributed by atoms with Crippen molar-refractivity contribution in [1.29, 1.82) is 0 Å². The fourth-order valence-corrected chi connectivity index (χ4v) is 3.89. The molecule has 1 aromatic carbocycles. The standard InChI is InChI=1S/C22H29N3O6/c1-13-19(22(27)28)21(23)20-16(24-13)4-3-5-17(20)31-15-8-6-14(7-9-15)25-18(26)12-30-11-10-29-2/h3-5,14-15H,6-12H2,1-2H3,(H2,23,24)(H,25,26)(H,27,28). The zero-order valence-corrected chi connectivity index (χ0v) is 17.8. The molecule has 31 heavy (non-hydrogen) atoms. The summed E-state index contributed by atoms with van der Waals surface area (Å²) in [5, 5.41) is 13.0. The molecule has 0 unspecified atom stereocenters. The number of hydrogen-bond acceptors (Lipinski definition) is 7. The van der Waals surface area contributed by atoms with Gasteiger partial charge in [-0.05, 0) is 44.7 Å². The number of carboxylic acid groups (broad SMARTS) is 1. The number of amides is 1. The molecule has 1 aliphatic carbocycles. The summed E-state index contributed by atoms with van der Waals surface area (Å²) < 4.78 is 16.3. The number of nitrogens with one attached hydrogen (secondary N) is 1. The molecule has 3 rings (SSSR count). The number of aryl methyl sites for hydroxylation is 1.